The lowest BCUT2D eigenvalue weighted by atomic mass is 9.97. The van der Waals surface area contributed by atoms with Crippen molar-refractivity contribution in [2.45, 2.75) is 57.8 Å². The number of benzene rings is 2. The molecule has 1 aliphatic heterocycles. The zero-order valence-electron chi connectivity index (χ0n) is 21.7. The first-order chi connectivity index (χ1) is 18.5. The summed E-state index contributed by atoms with van der Waals surface area (Å²) in [6, 6.07) is 18.7. The standard InChI is InChI=1S/C29H33N5O3S/c1-20(2)21-11-13-22(14-12-21)28(29(36)30-17-23-7-5-15-37-23)33(18-24-8-6-16-38-24)27(35)19-34-26-10-4-3-9-25(26)31-32-34/h3-4,6,8-14,16,20,23,28H,5,7,15,17-19H2,1-2H3,(H,30,36)/t23-,28-/m0/s1. The second-order valence-electron chi connectivity index (χ2n) is 9.94. The molecule has 0 bridgehead atoms. The molecule has 8 nitrogen and oxygen atoms in total. The quantitative estimate of drug-likeness (QED) is 0.321. The molecule has 1 fully saturated rings. The van der Waals surface area contributed by atoms with Crippen LogP contribution in [0, 0.1) is 0 Å². The Morgan fingerprint density at radius 2 is 1.89 bits per heavy atom. The van der Waals surface area contributed by atoms with E-state index >= 15 is 0 Å². The van der Waals surface area contributed by atoms with Crippen molar-refractivity contribution >= 4 is 34.2 Å². The van der Waals surface area contributed by atoms with Gasteiger partial charge in [-0.2, -0.15) is 0 Å². The molecule has 2 aromatic carbocycles. The summed E-state index contributed by atoms with van der Waals surface area (Å²) in [7, 11) is 0. The maximum atomic E-state index is 14.0. The van der Waals surface area contributed by atoms with Gasteiger partial charge >= 0.3 is 0 Å². The van der Waals surface area contributed by atoms with E-state index in [4.69, 9.17) is 4.74 Å². The third kappa shape index (κ3) is 5.95. The number of thiophene rings is 1. The number of nitrogens with one attached hydrogen (secondary N) is 1. The molecule has 3 heterocycles. The number of ether oxygens (including phenoxy) is 1. The molecule has 1 N–H and O–H groups in total. The number of amides is 2. The zero-order chi connectivity index (χ0) is 26.5. The van der Waals surface area contributed by atoms with Crippen molar-refractivity contribution in [1.82, 2.24) is 25.2 Å². The molecule has 5 rings (SSSR count). The highest BCUT2D eigenvalue weighted by Gasteiger charge is 2.33. The Labute approximate surface area is 226 Å². The van der Waals surface area contributed by atoms with E-state index < -0.39 is 6.04 Å². The Morgan fingerprint density at radius 3 is 2.61 bits per heavy atom. The van der Waals surface area contributed by atoms with E-state index in [-0.39, 0.29) is 24.5 Å². The molecule has 2 atom stereocenters. The lowest BCUT2D eigenvalue weighted by Gasteiger charge is -2.31. The average molecular weight is 532 g/mol. The maximum absolute atomic E-state index is 14.0. The normalized spacial score (nSPS) is 16.1. The first kappa shape index (κ1) is 26.1. The van der Waals surface area contributed by atoms with Crippen LogP contribution in [0.2, 0.25) is 0 Å². The van der Waals surface area contributed by atoms with E-state index in [0.29, 0.717) is 19.0 Å². The Balaban J connectivity index is 1.48. The van der Waals surface area contributed by atoms with Crippen LogP contribution in [0.5, 0.6) is 0 Å². The highest BCUT2D eigenvalue weighted by atomic mass is 32.1. The van der Waals surface area contributed by atoms with Gasteiger partial charge in [-0.05, 0) is 53.5 Å². The Hall–Kier alpha value is -3.56. The molecule has 9 heteroatoms. The lowest BCUT2D eigenvalue weighted by Crippen LogP contribution is -2.46. The molecule has 0 aliphatic carbocycles. The topological polar surface area (TPSA) is 89.4 Å². The van der Waals surface area contributed by atoms with E-state index in [2.05, 4.69) is 29.5 Å². The summed E-state index contributed by atoms with van der Waals surface area (Å²) in [5.41, 5.74) is 3.45. The molecular weight excluding hydrogens is 498 g/mol. The van der Waals surface area contributed by atoms with Crippen LogP contribution >= 0.6 is 11.3 Å². The third-order valence-corrected chi connectivity index (χ3v) is 7.80. The largest absolute Gasteiger partial charge is 0.376 e. The molecule has 0 saturated carbocycles. The Kier molecular flexibility index (Phi) is 8.14. The number of nitrogens with zero attached hydrogens (tertiary/aromatic N) is 4. The number of hydrogen-bond acceptors (Lipinski definition) is 6. The van der Waals surface area contributed by atoms with Gasteiger partial charge in [0.1, 0.15) is 18.1 Å². The summed E-state index contributed by atoms with van der Waals surface area (Å²) >= 11 is 1.56. The van der Waals surface area contributed by atoms with Crippen molar-refractivity contribution in [3.05, 3.63) is 82.0 Å². The third-order valence-electron chi connectivity index (χ3n) is 6.94. The second-order valence-corrected chi connectivity index (χ2v) is 11.0. The van der Waals surface area contributed by atoms with Crippen LogP contribution in [0.25, 0.3) is 11.0 Å². The van der Waals surface area contributed by atoms with Crippen LogP contribution in [0.4, 0.5) is 0 Å². The summed E-state index contributed by atoms with van der Waals surface area (Å²) in [4.78, 5) is 30.5. The average Bonchev–Trinajstić information content (AvgIpc) is 3.71. The van der Waals surface area contributed by atoms with Crippen LogP contribution in [-0.2, 0) is 27.4 Å². The minimum Gasteiger partial charge on any atom is -0.376 e. The number of hydrogen-bond donors (Lipinski definition) is 1. The molecular formula is C29H33N5O3S. The second kappa shape index (κ2) is 11.9. The number of carbonyl (C=O) groups excluding carboxylic acids is 2. The predicted octanol–water partition coefficient (Wildman–Crippen LogP) is 4.68. The van der Waals surface area contributed by atoms with Crippen LogP contribution in [0.3, 0.4) is 0 Å². The number of fused-ring (bicyclic) bond motifs is 1. The number of rotatable bonds is 10. The van der Waals surface area contributed by atoms with Gasteiger partial charge in [-0.15, -0.1) is 16.4 Å². The molecule has 2 aromatic heterocycles. The smallest absolute Gasteiger partial charge is 0.247 e. The first-order valence-corrected chi connectivity index (χ1v) is 14.0. The SMILES string of the molecule is CC(C)c1ccc([C@@H](C(=O)NC[C@@H]2CCCO2)N(Cc2cccs2)C(=O)Cn2nnc3ccccc32)cc1. The van der Waals surface area contributed by atoms with Gasteiger partial charge in [-0.1, -0.05) is 61.5 Å². The van der Waals surface area contributed by atoms with Crippen LogP contribution < -0.4 is 5.32 Å². The molecule has 198 valence electrons. The summed E-state index contributed by atoms with van der Waals surface area (Å²) in [6.07, 6.45) is 1.92. The molecule has 38 heavy (non-hydrogen) atoms. The van der Waals surface area contributed by atoms with Crippen molar-refractivity contribution in [1.29, 1.82) is 0 Å². The van der Waals surface area contributed by atoms with Crippen molar-refractivity contribution in [3.63, 3.8) is 0 Å². The minimum atomic E-state index is -0.804. The van der Waals surface area contributed by atoms with Gasteiger partial charge in [0.15, 0.2) is 0 Å². The molecule has 0 spiro atoms. The Morgan fingerprint density at radius 1 is 1.11 bits per heavy atom. The van der Waals surface area contributed by atoms with Gasteiger partial charge in [0, 0.05) is 18.0 Å². The van der Waals surface area contributed by atoms with E-state index in [0.717, 1.165) is 40.9 Å². The summed E-state index contributed by atoms with van der Waals surface area (Å²) in [6.45, 7) is 5.70. The van der Waals surface area contributed by atoms with Crippen molar-refractivity contribution in [2.75, 3.05) is 13.2 Å². The van der Waals surface area contributed by atoms with Gasteiger partial charge in [0.25, 0.3) is 0 Å². The Bertz CT molecular complexity index is 1360. The maximum Gasteiger partial charge on any atom is 0.247 e. The summed E-state index contributed by atoms with van der Waals surface area (Å²) in [5, 5.41) is 13.5. The fourth-order valence-corrected chi connectivity index (χ4v) is 5.50. The fourth-order valence-electron chi connectivity index (χ4n) is 4.80. The predicted molar refractivity (Wildman–Crippen MR) is 148 cm³/mol. The van der Waals surface area contributed by atoms with Gasteiger partial charge < -0.3 is 15.0 Å². The van der Waals surface area contributed by atoms with Crippen LogP contribution in [0.1, 0.15) is 54.7 Å². The lowest BCUT2D eigenvalue weighted by molar-refractivity contribution is -0.142. The molecule has 4 aromatic rings. The van der Waals surface area contributed by atoms with Gasteiger partial charge in [-0.3, -0.25) is 9.59 Å². The van der Waals surface area contributed by atoms with Crippen molar-refractivity contribution in [2.24, 2.45) is 0 Å². The number of carbonyl (C=O) groups is 2. The van der Waals surface area contributed by atoms with Gasteiger partial charge in [0.05, 0.1) is 18.2 Å². The van der Waals surface area contributed by atoms with E-state index in [1.165, 1.54) is 5.56 Å². The van der Waals surface area contributed by atoms with Crippen LogP contribution in [0.15, 0.2) is 66.0 Å². The molecule has 0 radical (unpaired) electrons. The summed E-state index contributed by atoms with van der Waals surface area (Å²) < 4.78 is 7.32. The van der Waals surface area contributed by atoms with Crippen molar-refractivity contribution < 1.29 is 14.3 Å². The monoisotopic (exact) mass is 531 g/mol. The van der Waals surface area contributed by atoms with E-state index in [1.54, 1.807) is 20.9 Å². The van der Waals surface area contributed by atoms with E-state index in [9.17, 15) is 9.59 Å². The molecule has 2 amide bonds. The summed E-state index contributed by atoms with van der Waals surface area (Å²) in [5.74, 6) is -0.0642. The fraction of sp³-hybridized carbons (Fsp3) is 0.379. The zero-order valence-corrected chi connectivity index (χ0v) is 22.6. The van der Waals surface area contributed by atoms with Crippen molar-refractivity contribution in [3.8, 4) is 0 Å². The minimum absolute atomic E-state index is 0.00544. The first-order valence-electron chi connectivity index (χ1n) is 13.1. The van der Waals surface area contributed by atoms with Gasteiger partial charge in [-0.25, -0.2) is 4.68 Å². The number of para-hydroxylation sites is 1. The number of aromatic nitrogens is 3. The molecule has 1 saturated heterocycles. The van der Waals surface area contributed by atoms with Gasteiger partial charge in [0.2, 0.25) is 11.8 Å². The highest BCUT2D eigenvalue weighted by Crippen LogP contribution is 2.28. The molecule has 0 unspecified atom stereocenters. The highest BCUT2D eigenvalue weighted by molar-refractivity contribution is 7.09. The van der Waals surface area contributed by atoms with Crippen LogP contribution in [-0.4, -0.2) is 51.0 Å². The van der Waals surface area contributed by atoms with E-state index in [1.807, 2.05) is 66.0 Å². The molecule has 1 aliphatic rings.